The van der Waals surface area contributed by atoms with Crippen LogP contribution in [0, 0.1) is 0 Å². The van der Waals surface area contributed by atoms with E-state index in [0.29, 0.717) is 17.2 Å². The van der Waals surface area contributed by atoms with Crippen LogP contribution in [0.2, 0.25) is 25.7 Å². The maximum atomic E-state index is 13.0. The molecule has 0 fully saturated rings. The molecule has 28 heavy (non-hydrogen) atoms. The minimum Gasteiger partial charge on any atom is -0.466 e. The van der Waals surface area contributed by atoms with Gasteiger partial charge in [0.05, 0.1) is 37.2 Å². The van der Waals surface area contributed by atoms with Crippen LogP contribution in [0.15, 0.2) is 35.9 Å². The number of methoxy groups -OCH3 is 2. The van der Waals surface area contributed by atoms with E-state index in [-0.39, 0.29) is 17.9 Å². The predicted octanol–water partition coefficient (Wildman–Crippen LogP) is 2.60. The Hall–Kier alpha value is -1.97. The number of esters is 2. The van der Waals surface area contributed by atoms with Gasteiger partial charge in [-0.3, -0.25) is 0 Å². The lowest BCUT2D eigenvalue weighted by atomic mass is 9.99. The Kier molecular flexibility index (Phi) is 6.84. The molecule has 1 aromatic rings. The average molecular weight is 426 g/mol. The maximum absolute atomic E-state index is 13.0. The van der Waals surface area contributed by atoms with Gasteiger partial charge in [-0.2, -0.15) is 4.31 Å². The molecule has 1 atom stereocenters. The molecule has 0 aromatic heterocycles. The number of benzene rings is 1. The second kappa shape index (κ2) is 8.58. The summed E-state index contributed by atoms with van der Waals surface area (Å²) in [5, 5.41) is 0. The van der Waals surface area contributed by atoms with Crippen molar-refractivity contribution in [3.05, 3.63) is 47.0 Å². The summed E-state index contributed by atoms with van der Waals surface area (Å²) < 4.78 is 36.9. The molecule has 1 aromatic carbocycles. The Balaban J connectivity index is 2.39. The highest BCUT2D eigenvalue weighted by Crippen LogP contribution is 2.37. The second-order valence-corrected chi connectivity index (χ2v) is 15.5. The van der Waals surface area contributed by atoms with Gasteiger partial charge in [-0.05, 0) is 23.7 Å². The van der Waals surface area contributed by atoms with Gasteiger partial charge in [-0.25, -0.2) is 18.0 Å². The summed E-state index contributed by atoms with van der Waals surface area (Å²) in [7, 11) is -2.58. The smallest absolute Gasteiger partial charge is 0.337 e. The quantitative estimate of drug-likeness (QED) is 0.493. The Morgan fingerprint density at radius 1 is 1.07 bits per heavy atom. The van der Waals surface area contributed by atoms with E-state index in [4.69, 9.17) is 9.47 Å². The summed E-state index contributed by atoms with van der Waals surface area (Å²) >= 11 is 0. The van der Waals surface area contributed by atoms with Crippen LogP contribution < -0.4 is 0 Å². The summed E-state index contributed by atoms with van der Waals surface area (Å²) in [4.78, 5) is 23.9. The third-order valence-corrected chi connectivity index (χ3v) is 8.52. The van der Waals surface area contributed by atoms with E-state index in [1.54, 1.807) is 30.3 Å². The highest BCUT2D eigenvalue weighted by molar-refractivity contribution is 7.89. The summed E-state index contributed by atoms with van der Waals surface area (Å²) in [5.74, 6) is -1.01. The van der Waals surface area contributed by atoms with Crippen molar-refractivity contribution in [3.63, 3.8) is 0 Å². The largest absolute Gasteiger partial charge is 0.466 e. The van der Waals surface area contributed by atoms with Crippen molar-refractivity contribution >= 4 is 30.0 Å². The zero-order valence-electron chi connectivity index (χ0n) is 16.9. The van der Waals surface area contributed by atoms with Crippen LogP contribution in [0.1, 0.15) is 22.0 Å². The Morgan fingerprint density at radius 3 is 2.14 bits per heavy atom. The first kappa shape index (κ1) is 22.3. The van der Waals surface area contributed by atoms with E-state index in [9.17, 15) is 18.0 Å². The summed E-state index contributed by atoms with van der Waals surface area (Å²) in [6.45, 7) is 6.47. The number of carbonyl (C=O) groups is 2. The van der Waals surface area contributed by atoms with Crippen LogP contribution in [0.3, 0.4) is 0 Å². The van der Waals surface area contributed by atoms with Gasteiger partial charge in [0.2, 0.25) is 10.0 Å². The highest BCUT2D eigenvalue weighted by Gasteiger charge is 2.40. The van der Waals surface area contributed by atoms with E-state index in [0.717, 1.165) is 0 Å². The van der Waals surface area contributed by atoms with Gasteiger partial charge >= 0.3 is 11.9 Å². The first-order chi connectivity index (χ1) is 13.0. The third kappa shape index (κ3) is 5.09. The Morgan fingerprint density at radius 2 is 1.64 bits per heavy atom. The SMILES string of the molecule is COC(=O)C1=CCN(S(=O)(=O)CC[Si](C)(C)C)C1c1ccc(C(=O)OC)cc1. The molecule has 0 saturated carbocycles. The molecule has 0 radical (unpaired) electrons. The molecular formula is C19H27NO6SSi. The van der Waals surface area contributed by atoms with Crippen molar-refractivity contribution in [3.8, 4) is 0 Å². The Labute approximate surface area is 167 Å². The zero-order valence-corrected chi connectivity index (χ0v) is 18.7. The van der Waals surface area contributed by atoms with Gasteiger partial charge < -0.3 is 9.47 Å². The molecule has 9 heteroatoms. The summed E-state index contributed by atoms with van der Waals surface area (Å²) in [6.07, 6.45) is 1.59. The molecule has 0 aliphatic carbocycles. The van der Waals surface area contributed by atoms with Gasteiger partial charge in [0.15, 0.2) is 0 Å². The van der Waals surface area contributed by atoms with Crippen LogP contribution in [0.4, 0.5) is 0 Å². The minimum atomic E-state index is -3.58. The molecule has 0 N–H and O–H groups in total. The second-order valence-electron chi connectivity index (χ2n) is 7.86. The van der Waals surface area contributed by atoms with Crippen molar-refractivity contribution < 1.29 is 27.5 Å². The first-order valence-corrected chi connectivity index (χ1v) is 14.3. The number of hydrogen-bond donors (Lipinski definition) is 0. The van der Waals surface area contributed by atoms with Crippen molar-refractivity contribution in [1.82, 2.24) is 4.31 Å². The van der Waals surface area contributed by atoms with Gasteiger partial charge in [0, 0.05) is 14.6 Å². The van der Waals surface area contributed by atoms with Gasteiger partial charge in [-0.15, -0.1) is 0 Å². The molecule has 1 aliphatic rings. The molecule has 7 nitrogen and oxygen atoms in total. The van der Waals surface area contributed by atoms with E-state index in [1.165, 1.54) is 18.5 Å². The van der Waals surface area contributed by atoms with E-state index < -0.39 is 36.1 Å². The lowest BCUT2D eigenvalue weighted by Crippen LogP contribution is -2.37. The third-order valence-electron chi connectivity index (χ3n) is 4.61. The molecule has 1 unspecified atom stereocenters. The number of rotatable bonds is 7. The fraction of sp³-hybridized carbons (Fsp3) is 0.474. The van der Waals surface area contributed by atoms with E-state index in [2.05, 4.69) is 19.6 Å². The van der Waals surface area contributed by atoms with Crippen LogP contribution in [-0.2, 0) is 24.3 Å². The normalized spacial score (nSPS) is 17.9. The number of ether oxygens (including phenoxy) is 2. The van der Waals surface area contributed by atoms with Gasteiger partial charge in [0.1, 0.15) is 0 Å². The van der Waals surface area contributed by atoms with Crippen molar-refractivity contribution in [1.29, 1.82) is 0 Å². The molecule has 154 valence electrons. The van der Waals surface area contributed by atoms with Crippen molar-refractivity contribution in [2.24, 2.45) is 0 Å². The molecule has 1 heterocycles. The zero-order chi connectivity index (χ0) is 21.1. The molecule has 1 aliphatic heterocycles. The lowest BCUT2D eigenvalue weighted by Gasteiger charge is -2.27. The lowest BCUT2D eigenvalue weighted by molar-refractivity contribution is -0.136. The van der Waals surface area contributed by atoms with Crippen LogP contribution in [-0.4, -0.2) is 59.3 Å². The number of nitrogens with zero attached hydrogens (tertiary/aromatic N) is 1. The number of hydrogen-bond acceptors (Lipinski definition) is 6. The number of sulfonamides is 1. The van der Waals surface area contributed by atoms with Gasteiger partial charge in [0.25, 0.3) is 0 Å². The standard InChI is InChI=1S/C19H27NO6SSi/c1-25-18(21)15-8-6-14(7-9-15)17-16(19(22)26-2)10-11-20(17)27(23,24)12-13-28(3,4)5/h6-10,17H,11-13H2,1-5H3. The van der Waals surface area contributed by atoms with Crippen LogP contribution in [0.5, 0.6) is 0 Å². The first-order valence-electron chi connectivity index (χ1n) is 8.96. The summed E-state index contributed by atoms with van der Waals surface area (Å²) in [6, 6.07) is 6.25. The molecule has 0 amide bonds. The van der Waals surface area contributed by atoms with Crippen LogP contribution >= 0.6 is 0 Å². The predicted molar refractivity (Wildman–Crippen MR) is 109 cm³/mol. The van der Waals surface area contributed by atoms with Crippen molar-refractivity contribution in [2.75, 3.05) is 26.5 Å². The fourth-order valence-corrected chi connectivity index (χ4v) is 7.54. The monoisotopic (exact) mass is 425 g/mol. The van der Waals surface area contributed by atoms with Crippen LogP contribution in [0.25, 0.3) is 0 Å². The topological polar surface area (TPSA) is 90.0 Å². The highest BCUT2D eigenvalue weighted by atomic mass is 32.2. The molecular weight excluding hydrogens is 398 g/mol. The molecule has 0 bridgehead atoms. The Bertz CT molecular complexity index is 871. The van der Waals surface area contributed by atoms with Crippen molar-refractivity contribution in [2.45, 2.75) is 31.7 Å². The number of carbonyl (C=O) groups excluding carboxylic acids is 2. The summed E-state index contributed by atoms with van der Waals surface area (Å²) in [5.41, 5.74) is 1.23. The van der Waals surface area contributed by atoms with E-state index >= 15 is 0 Å². The molecule has 0 saturated heterocycles. The maximum Gasteiger partial charge on any atom is 0.337 e. The fourth-order valence-electron chi connectivity index (χ4n) is 2.97. The average Bonchev–Trinajstić information content (AvgIpc) is 3.11. The molecule has 2 rings (SSSR count). The van der Waals surface area contributed by atoms with E-state index in [1.807, 2.05) is 0 Å². The minimum absolute atomic E-state index is 0.0434. The molecule has 0 spiro atoms. The van der Waals surface area contributed by atoms with Gasteiger partial charge in [-0.1, -0.05) is 37.8 Å².